The molecule has 0 aromatic carbocycles. The molecule has 3 heteroatoms. The minimum absolute atomic E-state index is 0.503. The second-order valence-electron chi connectivity index (χ2n) is 3.94. The topological polar surface area (TPSA) is 42.2 Å². The maximum absolute atomic E-state index is 9.01. The zero-order chi connectivity index (χ0) is 11.1. The van der Waals surface area contributed by atoms with Gasteiger partial charge in [-0.05, 0) is 18.8 Å². The maximum atomic E-state index is 9.01. The Morgan fingerprint density at radius 1 is 1.27 bits per heavy atom. The van der Waals surface area contributed by atoms with Crippen LogP contribution in [0.5, 0.6) is 0 Å². The second-order valence-corrected chi connectivity index (χ2v) is 3.94. The van der Waals surface area contributed by atoms with Gasteiger partial charge < -0.3 is 9.47 Å². The van der Waals surface area contributed by atoms with Crippen molar-refractivity contribution in [3.8, 4) is 6.07 Å². The quantitative estimate of drug-likeness (QED) is 0.528. The number of allylic oxidation sites excluding steroid dienone is 1. The van der Waals surface area contributed by atoms with Crippen LogP contribution in [0.25, 0.3) is 0 Å². The molecule has 0 bridgehead atoms. The van der Waals surface area contributed by atoms with E-state index < -0.39 is 6.29 Å². The largest absolute Gasteiger partial charge is 0.351 e. The SMILES string of the molecule is COC(OC)/C(C#N)=C\C1CCCCC1. The molecule has 0 amide bonds. The van der Waals surface area contributed by atoms with Gasteiger partial charge in [-0.25, -0.2) is 0 Å². The number of hydrogen-bond acceptors (Lipinski definition) is 3. The molecule has 1 aliphatic rings. The summed E-state index contributed by atoms with van der Waals surface area (Å²) in [6, 6.07) is 2.16. The third-order valence-electron chi connectivity index (χ3n) is 2.88. The van der Waals surface area contributed by atoms with Crippen LogP contribution in [0, 0.1) is 17.2 Å². The highest BCUT2D eigenvalue weighted by Gasteiger charge is 2.16. The van der Waals surface area contributed by atoms with Gasteiger partial charge in [0.25, 0.3) is 0 Å². The summed E-state index contributed by atoms with van der Waals surface area (Å²) in [5, 5.41) is 9.01. The monoisotopic (exact) mass is 209 g/mol. The number of hydrogen-bond donors (Lipinski definition) is 0. The number of ether oxygens (including phenoxy) is 2. The fourth-order valence-electron chi connectivity index (χ4n) is 2.07. The first kappa shape index (κ1) is 12.2. The minimum Gasteiger partial charge on any atom is -0.351 e. The molecule has 0 spiro atoms. The molecule has 0 atom stereocenters. The van der Waals surface area contributed by atoms with E-state index in [0.717, 1.165) is 0 Å². The van der Waals surface area contributed by atoms with Crippen LogP contribution in [0.1, 0.15) is 32.1 Å². The average molecular weight is 209 g/mol. The average Bonchev–Trinajstić information content (AvgIpc) is 2.30. The van der Waals surface area contributed by atoms with Gasteiger partial charge in [0.15, 0.2) is 6.29 Å². The molecule has 0 aliphatic heterocycles. The van der Waals surface area contributed by atoms with Gasteiger partial charge in [0.05, 0.1) is 11.6 Å². The molecule has 1 saturated carbocycles. The molecule has 1 fully saturated rings. The summed E-state index contributed by atoms with van der Waals surface area (Å²) < 4.78 is 10.2. The van der Waals surface area contributed by atoms with Crippen molar-refractivity contribution in [1.82, 2.24) is 0 Å². The normalized spacial score (nSPS) is 19.2. The molecule has 0 unspecified atom stereocenters. The summed E-state index contributed by atoms with van der Waals surface area (Å²) in [6.07, 6.45) is 7.75. The Kier molecular flexibility index (Phi) is 5.38. The molecule has 0 heterocycles. The highest BCUT2D eigenvalue weighted by molar-refractivity contribution is 5.24. The van der Waals surface area contributed by atoms with Crippen LogP contribution >= 0.6 is 0 Å². The van der Waals surface area contributed by atoms with Gasteiger partial charge in [0.2, 0.25) is 0 Å². The van der Waals surface area contributed by atoms with Crippen molar-refractivity contribution in [2.45, 2.75) is 38.4 Å². The van der Waals surface area contributed by atoms with Gasteiger partial charge in [0, 0.05) is 14.2 Å². The number of nitrogens with zero attached hydrogens (tertiary/aromatic N) is 1. The first-order valence-corrected chi connectivity index (χ1v) is 5.49. The van der Waals surface area contributed by atoms with Crippen LogP contribution in [0.15, 0.2) is 11.6 Å². The zero-order valence-corrected chi connectivity index (χ0v) is 9.53. The summed E-state index contributed by atoms with van der Waals surface area (Å²) in [4.78, 5) is 0. The Bertz CT molecular complexity index is 245. The number of rotatable bonds is 4. The first-order valence-electron chi connectivity index (χ1n) is 5.49. The Hall–Kier alpha value is -0.850. The third-order valence-corrected chi connectivity index (χ3v) is 2.88. The van der Waals surface area contributed by atoms with Crippen molar-refractivity contribution in [3.63, 3.8) is 0 Å². The lowest BCUT2D eigenvalue weighted by molar-refractivity contribution is -0.0723. The molecule has 0 saturated heterocycles. The molecule has 0 aromatic rings. The molecule has 1 rings (SSSR count). The van der Waals surface area contributed by atoms with Crippen molar-refractivity contribution < 1.29 is 9.47 Å². The van der Waals surface area contributed by atoms with E-state index in [1.54, 1.807) is 14.2 Å². The molecule has 0 radical (unpaired) electrons. The van der Waals surface area contributed by atoms with Gasteiger partial charge in [-0.15, -0.1) is 0 Å². The molecule has 0 N–H and O–H groups in total. The molecule has 1 aliphatic carbocycles. The van der Waals surface area contributed by atoms with Crippen molar-refractivity contribution >= 4 is 0 Å². The van der Waals surface area contributed by atoms with E-state index in [1.165, 1.54) is 32.1 Å². The highest BCUT2D eigenvalue weighted by atomic mass is 16.7. The van der Waals surface area contributed by atoms with Gasteiger partial charge in [-0.3, -0.25) is 0 Å². The van der Waals surface area contributed by atoms with Crippen LogP contribution < -0.4 is 0 Å². The summed E-state index contributed by atoms with van der Waals surface area (Å²) in [5.74, 6) is 0.529. The van der Waals surface area contributed by atoms with Crippen LogP contribution in [-0.2, 0) is 9.47 Å². The van der Waals surface area contributed by atoms with E-state index in [2.05, 4.69) is 6.07 Å². The van der Waals surface area contributed by atoms with Gasteiger partial charge in [-0.2, -0.15) is 5.26 Å². The lowest BCUT2D eigenvalue weighted by atomic mass is 9.88. The molecule has 3 nitrogen and oxygen atoms in total. The van der Waals surface area contributed by atoms with Crippen molar-refractivity contribution in [2.24, 2.45) is 5.92 Å². The molecule has 0 aromatic heterocycles. The summed E-state index contributed by atoms with van der Waals surface area (Å²) >= 11 is 0. The van der Waals surface area contributed by atoms with E-state index in [9.17, 15) is 0 Å². The van der Waals surface area contributed by atoms with Crippen molar-refractivity contribution in [3.05, 3.63) is 11.6 Å². The summed E-state index contributed by atoms with van der Waals surface area (Å²) in [7, 11) is 3.11. The van der Waals surface area contributed by atoms with Gasteiger partial charge in [-0.1, -0.05) is 25.3 Å². The van der Waals surface area contributed by atoms with Crippen molar-refractivity contribution in [2.75, 3.05) is 14.2 Å². The van der Waals surface area contributed by atoms with Crippen LogP contribution in [0.2, 0.25) is 0 Å². The highest BCUT2D eigenvalue weighted by Crippen LogP contribution is 2.26. The van der Waals surface area contributed by atoms with Crippen LogP contribution in [0.3, 0.4) is 0 Å². The molecule has 15 heavy (non-hydrogen) atoms. The van der Waals surface area contributed by atoms with E-state index in [0.29, 0.717) is 11.5 Å². The van der Waals surface area contributed by atoms with E-state index in [1.807, 2.05) is 6.08 Å². The van der Waals surface area contributed by atoms with Gasteiger partial charge >= 0.3 is 0 Å². The van der Waals surface area contributed by atoms with E-state index >= 15 is 0 Å². The second kappa shape index (κ2) is 6.60. The van der Waals surface area contributed by atoms with Crippen LogP contribution in [-0.4, -0.2) is 20.5 Å². The lowest BCUT2D eigenvalue weighted by Crippen LogP contribution is -2.17. The Balaban J connectivity index is 2.63. The standard InChI is InChI=1S/C12H19NO2/c1-14-12(15-2)11(9-13)8-10-6-4-3-5-7-10/h8,10,12H,3-7H2,1-2H3/b11-8-. The number of nitriles is 1. The Labute approximate surface area is 91.7 Å². The first-order chi connectivity index (χ1) is 7.31. The predicted octanol–water partition coefficient (Wildman–Crippen LogP) is 2.64. The van der Waals surface area contributed by atoms with Crippen LogP contribution in [0.4, 0.5) is 0 Å². The predicted molar refractivity (Wildman–Crippen MR) is 58.1 cm³/mol. The fourth-order valence-corrected chi connectivity index (χ4v) is 2.07. The van der Waals surface area contributed by atoms with Gasteiger partial charge in [0.1, 0.15) is 0 Å². The lowest BCUT2D eigenvalue weighted by Gasteiger charge is -2.20. The Morgan fingerprint density at radius 2 is 1.87 bits per heavy atom. The molecular formula is C12H19NO2. The maximum Gasteiger partial charge on any atom is 0.192 e. The summed E-state index contributed by atoms with van der Waals surface area (Å²) in [5.41, 5.74) is 0.604. The number of methoxy groups -OCH3 is 2. The van der Waals surface area contributed by atoms with Crippen molar-refractivity contribution in [1.29, 1.82) is 5.26 Å². The van der Waals surface area contributed by atoms with E-state index in [-0.39, 0.29) is 0 Å². The smallest absolute Gasteiger partial charge is 0.192 e. The van der Waals surface area contributed by atoms with E-state index in [4.69, 9.17) is 14.7 Å². The molecular weight excluding hydrogens is 190 g/mol. The summed E-state index contributed by atoms with van der Waals surface area (Å²) in [6.45, 7) is 0. The minimum atomic E-state index is -0.503. The zero-order valence-electron chi connectivity index (χ0n) is 9.53. The fraction of sp³-hybridized carbons (Fsp3) is 0.750. The molecule has 84 valence electrons. The Morgan fingerprint density at radius 3 is 2.33 bits per heavy atom. The third kappa shape index (κ3) is 3.65.